The Bertz CT molecular complexity index is 1040. The second-order valence-corrected chi connectivity index (χ2v) is 8.91. The molecule has 34 heavy (non-hydrogen) atoms. The molecule has 0 saturated carbocycles. The molecule has 0 radical (unpaired) electrons. The highest BCUT2D eigenvalue weighted by atomic mass is 35.5. The maximum absolute atomic E-state index is 12.7. The number of hydrogen-bond donors (Lipinski definition) is 4. The SMILES string of the molecule is CC(=O)OCC1=C(C(=O)O)N2C(=O)C(NC(=O)C(CNc3ccc(CCl)cc3)C(=O)O)C2SC1. The number of β-lactam (4-membered cyclic amide) rings is 1. The lowest BCUT2D eigenvalue weighted by Gasteiger charge is -2.49. The molecular formula is C21H22ClN3O8S. The zero-order valence-electron chi connectivity index (χ0n) is 17.9. The summed E-state index contributed by atoms with van der Waals surface area (Å²) in [5.74, 6) is -5.88. The number of carboxylic acid groups (broad SMARTS) is 2. The van der Waals surface area contributed by atoms with Gasteiger partial charge in [0.15, 0.2) is 5.92 Å². The highest BCUT2D eigenvalue weighted by Gasteiger charge is 2.54. The Balaban J connectivity index is 1.66. The summed E-state index contributed by atoms with van der Waals surface area (Å²) in [4.78, 5) is 60.9. The Hall–Kier alpha value is -3.25. The predicted molar refractivity (Wildman–Crippen MR) is 122 cm³/mol. The number of ether oxygens (including phenoxy) is 1. The lowest BCUT2D eigenvalue weighted by molar-refractivity contribution is -0.153. The second-order valence-electron chi connectivity index (χ2n) is 7.54. The number of rotatable bonds is 10. The number of thioether (sulfide) groups is 1. The number of fused-ring (bicyclic) bond motifs is 1. The lowest BCUT2D eigenvalue weighted by atomic mass is 10.0. The summed E-state index contributed by atoms with van der Waals surface area (Å²) in [6.45, 7) is 0.690. The van der Waals surface area contributed by atoms with Crippen molar-refractivity contribution >= 4 is 58.8 Å². The third-order valence-electron chi connectivity index (χ3n) is 5.23. The van der Waals surface area contributed by atoms with Crippen LogP contribution in [0.1, 0.15) is 12.5 Å². The number of nitrogens with zero attached hydrogens (tertiary/aromatic N) is 1. The molecule has 2 amide bonds. The number of carbonyl (C=O) groups is 5. The summed E-state index contributed by atoms with van der Waals surface area (Å²) in [6.07, 6.45) is 0. The van der Waals surface area contributed by atoms with E-state index in [-0.39, 0.29) is 30.2 Å². The van der Waals surface area contributed by atoms with Gasteiger partial charge in [-0.2, -0.15) is 0 Å². The smallest absolute Gasteiger partial charge is 0.352 e. The van der Waals surface area contributed by atoms with Gasteiger partial charge in [0.1, 0.15) is 23.7 Å². The third kappa shape index (κ3) is 5.45. The molecule has 4 N–H and O–H groups in total. The molecule has 13 heteroatoms. The van der Waals surface area contributed by atoms with E-state index in [1.54, 1.807) is 24.3 Å². The largest absolute Gasteiger partial charge is 0.481 e. The summed E-state index contributed by atoms with van der Waals surface area (Å²) in [6, 6.07) is 5.85. The van der Waals surface area contributed by atoms with Crippen LogP contribution in [0.4, 0.5) is 5.69 Å². The first-order chi connectivity index (χ1) is 16.1. The zero-order chi connectivity index (χ0) is 25.0. The van der Waals surface area contributed by atoms with Gasteiger partial charge in [-0.15, -0.1) is 23.4 Å². The number of anilines is 1. The molecule has 11 nitrogen and oxygen atoms in total. The van der Waals surface area contributed by atoms with Gasteiger partial charge in [0.2, 0.25) is 5.91 Å². The number of nitrogens with one attached hydrogen (secondary N) is 2. The van der Waals surface area contributed by atoms with Gasteiger partial charge < -0.3 is 25.6 Å². The van der Waals surface area contributed by atoms with E-state index < -0.39 is 47.1 Å². The van der Waals surface area contributed by atoms with E-state index in [1.807, 2.05) is 0 Å². The molecule has 3 rings (SSSR count). The number of benzene rings is 1. The monoisotopic (exact) mass is 511 g/mol. The van der Waals surface area contributed by atoms with Crippen molar-refractivity contribution in [3.05, 3.63) is 41.1 Å². The van der Waals surface area contributed by atoms with Crippen molar-refractivity contribution in [3.63, 3.8) is 0 Å². The van der Waals surface area contributed by atoms with Crippen LogP contribution >= 0.6 is 23.4 Å². The first-order valence-corrected chi connectivity index (χ1v) is 11.7. The summed E-state index contributed by atoms with van der Waals surface area (Å²) < 4.78 is 4.87. The van der Waals surface area contributed by atoms with Crippen LogP contribution in [0.3, 0.4) is 0 Å². The van der Waals surface area contributed by atoms with Crippen LogP contribution in [0.25, 0.3) is 0 Å². The van der Waals surface area contributed by atoms with Crippen molar-refractivity contribution in [2.45, 2.75) is 24.2 Å². The second kappa shape index (κ2) is 10.8. The zero-order valence-corrected chi connectivity index (χ0v) is 19.5. The number of aliphatic carboxylic acids is 2. The van der Waals surface area contributed by atoms with Crippen molar-refractivity contribution < 1.29 is 38.9 Å². The fourth-order valence-corrected chi connectivity index (χ4v) is 4.97. The van der Waals surface area contributed by atoms with Crippen molar-refractivity contribution in [2.75, 3.05) is 24.2 Å². The van der Waals surface area contributed by atoms with Crippen LogP contribution in [-0.4, -0.2) is 75.2 Å². The minimum absolute atomic E-state index is 0.165. The van der Waals surface area contributed by atoms with Gasteiger partial charge in [-0.3, -0.25) is 24.1 Å². The number of carbonyl (C=O) groups excluding carboxylic acids is 3. The van der Waals surface area contributed by atoms with Crippen LogP contribution in [0.15, 0.2) is 35.5 Å². The number of alkyl halides is 1. The number of amides is 2. The van der Waals surface area contributed by atoms with E-state index in [2.05, 4.69) is 10.6 Å². The van der Waals surface area contributed by atoms with Gasteiger partial charge >= 0.3 is 17.9 Å². The van der Waals surface area contributed by atoms with Crippen LogP contribution < -0.4 is 10.6 Å². The topological polar surface area (TPSA) is 162 Å². The van der Waals surface area contributed by atoms with Crippen molar-refractivity contribution in [2.24, 2.45) is 5.92 Å². The van der Waals surface area contributed by atoms with Crippen LogP contribution in [-0.2, 0) is 34.6 Å². The van der Waals surface area contributed by atoms with E-state index in [0.717, 1.165) is 10.5 Å². The molecule has 1 aromatic carbocycles. The van der Waals surface area contributed by atoms with Crippen molar-refractivity contribution in [3.8, 4) is 0 Å². The Morgan fingerprint density at radius 2 is 1.91 bits per heavy atom. The third-order valence-corrected chi connectivity index (χ3v) is 6.88. The molecule has 182 valence electrons. The average molecular weight is 512 g/mol. The summed E-state index contributed by atoms with van der Waals surface area (Å²) in [5.41, 5.74) is 1.44. The Kier molecular flexibility index (Phi) is 8.05. The molecule has 0 aliphatic carbocycles. The fourth-order valence-electron chi connectivity index (χ4n) is 3.46. The highest BCUT2D eigenvalue weighted by Crippen LogP contribution is 2.40. The Morgan fingerprint density at radius 1 is 1.24 bits per heavy atom. The van der Waals surface area contributed by atoms with Gasteiger partial charge in [-0.05, 0) is 17.7 Å². The van der Waals surface area contributed by atoms with E-state index >= 15 is 0 Å². The van der Waals surface area contributed by atoms with Gasteiger partial charge in [-0.25, -0.2) is 4.79 Å². The van der Waals surface area contributed by atoms with Crippen LogP contribution in [0.2, 0.25) is 0 Å². The van der Waals surface area contributed by atoms with E-state index in [9.17, 15) is 34.2 Å². The van der Waals surface area contributed by atoms with Crippen LogP contribution in [0, 0.1) is 5.92 Å². The van der Waals surface area contributed by atoms with Gasteiger partial charge in [0.05, 0.1) is 0 Å². The molecule has 2 aliphatic heterocycles. The molecule has 1 fully saturated rings. The maximum atomic E-state index is 12.7. The molecule has 0 aromatic heterocycles. The molecule has 2 aliphatic rings. The first-order valence-electron chi connectivity index (χ1n) is 10.1. The van der Waals surface area contributed by atoms with E-state index in [0.29, 0.717) is 11.6 Å². The van der Waals surface area contributed by atoms with Gasteiger partial charge in [0, 0.05) is 36.4 Å². The normalized spacial score (nSPS) is 20.1. The average Bonchev–Trinajstić information content (AvgIpc) is 2.80. The molecule has 0 spiro atoms. The molecular weight excluding hydrogens is 490 g/mol. The molecule has 1 saturated heterocycles. The minimum atomic E-state index is -1.49. The summed E-state index contributed by atoms with van der Waals surface area (Å²) in [7, 11) is 0. The first kappa shape index (κ1) is 25.4. The highest BCUT2D eigenvalue weighted by molar-refractivity contribution is 8.00. The van der Waals surface area contributed by atoms with Gasteiger partial charge in [-0.1, -0.05) is 12.1 Å². The van der Waals surface area contributed by atoms with E-state index in [4.69, 9.17) is 16.3 Å². The van der Waals surface area contributed by atoms with Crippen molar-refractivity contribution in [1.29, 1.82) is 0 Å². The molecule has 1 aromatic rings. The number of hydrogen-bond acceptors (Lipinski definition) is 8. The quantitative estimate of drug-likeness (QED) is 0.153. The van der Waals surface area contributed by atoms with E-state index in [1.165, 1.54) is 18.7 Å². The molecule has 3 unspecified atom stereocenters. The molecule has 3 atom stereocenters. The predicted octanol–water partition coefficient (Wildman–Crippen LogP) is 0.840. The molecule has 0 bridgehead atoms. The lowest BCUT2D eigenvalue weighted by Crippen LogP contribution is -2.71. The Morgan fingerprint density at radius 3 is 2.47 bits per heavy atom. The fraction of sp³-hybridized carbons (Fsp3) is 0.381. The maximum Gasteiger partial charge on any atom is 0.352 e. The summed E-state index contributed by atoms with van der Waals surface area (Å²) >= 11 is 6.93. The number of carboxylic acids is 2. The minimum Gasteiger partial charge on any atom is -0.481 e. The van der Waals surface area contributed by atoms with Crippen LogP contribution in [0.5, 0.6) is 0 Å². The van der Waals surface area contributed by atoms with Gasteiger partial charge in [0.25, 0.3) is 5.91 Å². The summed E-state index contributed by atoms with van der Waals surface area (Å²) in [5, 5.41) is 23.7. The standard InChI is InChI=1S/C21H22ClN3O8S/c1-10(26)33-8-12-9-34-19-15(18(28)25(19)16(12)21(31)32)24-17(27)14(20(29)30)7-23-13-4-2-11(6-22)3-5-13/h2-5,14-15,19,23H,6-9H2,1H3,(H,24,27)(H,29,30)(H,31,32). The van der Waals surface area contributed by atoms with Crippen molar-refractivity contribution in [1.82, 2.24) is 10.2 Å². The Labute approximate surface area is 203 Å². The number of esters is 1. The molecule has 2 heterocycles. The number of halogens is 1.